The Balaban J connectivity index is 2.69. The minimum Gasteiger partial charge on any atom is -0.387 e. The molecule has 0 spiro atoms. The van der Waals surface area contributed by atoms with Crippen LogP contribution >= 0.6 is 0 Å². The third-order valence-electron chi connectivity index (χ3n) is 3.33. The number of benzene rings is 1. The van der Waals surface area contributed by atoms with Crippen LogP contribution in [0, 0.1) is 0 Å². The molecule has 0 saturated heterocycles. The lowest BCUT2D eigenvalue weighted by Crippen LogP contribution is -2.49. The summed E-state index contributed by atoms with van der Waals surface area (Å²) in [6.07, 6.45) is 2.30. The summed E-state index contributed by atoms with van der Waals surface area (Å²) >= 11 is 0. The second kappa shape index (κ2) is 8.28. The normalized spacial score (nSPS) is 14.3. The van der Waals surface area contributed by atoms with Crippen molar-refractivity contribution in [2.45, 2.75) is 52.2 Å². The highest BCUT2D eigenvalue weighted by Gasteiger charge is 2.24. The third kappa shape index (κ3) is 6.40. The van der Waals surface area contributed by atoms with Crippen LogP contribution in [0.5, 0.6) is 0 Å². The lowest BCUT2D eigenvalue weighted by Gasteiger charge is -2.34. The minimum absolute atomic E-state index is 0.391. The molecule has 0 fully saturated rings. The molecule has 1 unspecified atom stereocenters. The summed E-state index contributed by atoms with van der Waals surface area (Å²) in [6, 6.07) is 10.7. The number of anilines is 1. The number of para-hydroxylation sites is 1. The van der Waals surface area contributed by atoms with Gasteiger partial charge in [0.1, 0.15) is 0 Å². The first-order chi connectivity index (χ1) is 9.44. The van der Waals surface area contributed by atoms with Crippen LogP contribution in [-0.4, -0.2) is 36.4 Å². The van der Waals surface area contributed by atoms with Crippen molar-refractivity contribution in [2.75, 3.05) is 24.5 Å². The molecule has 1 aromatic rings. The first-order valence-corrected chi connectivity index (χ1v) is 7.70. The van der Waals surface area contributed by atoms with Crippen molar-refractivity contribution in [3.05, 3.63) is 30.3 Å². The molecule has 1 aromatic carbocycles. The Morgan fingerprint density at radius 1 is 1.25 bits per heavy atom. The van der Waals surface area contributed by atoms with E-state index in [1.54, 1.807) is 0 Å². The molecule has 0 saturated carbocycles. The zero-order chi connectivity index (χ0) is 15.0. The fourth-order valence-corrected chi connectivity index (χ4v) is 2.18. The molecule has 0 aliphatic heterocycles. The van der Waals surface area contributed by atoms with Crippen LogP contribution in [0.1, 0.15) is 40.5 Å². The van der Waals surface area contributed by atoms with E-state index >= 15 is 0 Å². The molecule has 0 heterocycles. The number of rotatable bonds is 9. The fraction of sp³-hybridized carbons (Fsp3) is 0.647. The van der Waals surface area contributed by atoms with Gasteiger partial charge in [0, 0.05) is 31.4 Å². The first-order valence-electron chi connectivity index (χ1n) is 7.70. The molecule has 0 bridgehead atoms. The monoisotopic (exact) mass is 278 g/mol. The number of hydrogen-bond donors (Lipinski definition) is 2. The van der Waals surface area contributed by atoms with Crippen molar-refractivity contribution in [1.29, 1.82) is 0 Å². The van der Waals surface area contributed by atoms with Crippen molar-refractivity contribution < 1.29 is 5.11 Å². The molecule has 3 nitrogen and oxygen atoms in total. The highest BCUT2D eigenvalue weighted by molar-refractivity contribution is 5.46. The maximum atomic E-state index is 10.6. The number of nitrogens with one attached hydrogen (secondary N) is 1. The predicted octanol–water partition coefficient (Wildman–Crippen LogP) is 3.04. The number of hydrogen-bond acceptors (Lipinski definition) is 3. The molecule has 1 rings (SSSR count). The van der Waals surface area contributed by atoms with Gasteiger partial charge >= 0.3 is 0 Å². The van der Waals surface area contributed by atoms with Crippen LogP contribution in [0.2, 0.25) is 0 Å². The summed E-state index contributed by atoms with van der Waals surface area (Å²) in [5, 5.41) is 13.9. The SMILES string of the molecule is CCCCN(CC(C)(O)CNC(C)C)c1ccccc1. The van der Waals surface area contributed by atoms with E-state index < -0.39 is 5.60 Å². The van der Waals surface area contributed by atoms with E-state index in [0.29, 0.717) is 19.1 Å². The van der Waals surface area contributed by atoms with Crippen molar-refractivity contribution in [1.82, 2.24) is 5.32 Å². The molecule has 3 heteroatoms. The summed E-state index contributed by atoms with van der Waals surface area (Å²) in [5.41, 5.74) is 0.458. The van der Waals surface area contributed by atoms with Crippen molar-refractivity contribution in [2.24, 2.45) is 0 Å². The fourth-order valence-electron chi connectivity index (χ4n) is 2.18. The average molecular weight is 278 g/mol. The highest BCUT2D eigenvalue weighted by Crippen LogP contribution is 2.17. The van der Waals surface area contributed by atoms with Crippen molar-refractivity contribution in [3.63, 3.8) is 0 Å². The van der Waals surface area contributed by atoms with Crippen LogP contribution in [-0.2, 0) is 0 Å². The number of unbranched alkanes of at least 4 members (excludes halogenated alkanes) is 1. The zero-order valence-electron chi connectivity index (χ0n) is 13.4. The zero-order valence-corrected chi connectivity index (χ0v) is 13.4. The topological polar surface area (TPSA) is 35.5 Å². The Labute approximate surface area is 124 Å². The van der Waals surface area contributed by atoms with Gasteiger partial charge in [0.25, 0.3) is 0 Å². The lowest BCUT2D eigenvalue weighted by molar-refractivity contribution is 0.0644. The number of nitrogens with zero attached hydrogens (tertiary/aromatic N) is 1. The summed E-state index contributed by atoms with van der Waals surface area (Å²) in [5.74, 6) is 0. The van der Waals surface area contributed by atoms with Gasteiger partial charge in [-0.1, -0.05) is 45.4 Å². The van der Waals surface area contributed by atoms with Crippen LogP contribution in [0.25, 0.3) is 0 Å². The van der Waals surface area contributed by atoms with Gasteiger partial charge in [0.05, 0.1) is 5.60 Å². The first kappa shape index (κ1) is 17.0. The molecule has 0 amide bonds. The molecular weight excluding hydrogens is 248 g/mol. The molecular formula is C17H30N2O. The molecule has 0 aromatic heterocycles. The van der Waals surface area contributed by atoms with E-state index in [1.165, 1.54) is 5.69 Å². The maximum absolute atomic E-state index is 10.6. The molecule has 2 N–H and O–H groups in total. The van der Waals surface area contributed by atoms with Crippen molar-refractivity contribution >= 4 is 5.69 Å². The summed E-state index contributed by atoms with van der Waals surface area (Å²) in [7, 11) is 0. The van der Waals surface area contributed by atoms with Gasteiger partial charge in [-0.15, -0.1) is 0 Å². The van der Waals surface area contributed by atoms with Crippen LogP contribution in [0.3, 0.4) is 0 Å². The van der Waals surface area contributed by atoms with Crippen LogP contribution in [0.4, 0.5) is 5.69 Å². The van der Waals surface area contributed by atoms with E-state index in [9.17, 15) is 5.11 Å². The van der Waals surface area contributed by atoms with E-state index in [1.807, 2.05) is 13.0 Å². The van der Waals surface area contributed by atoms with Crippen molar-refractivity contribution in [3.8, 4) is 0 Å². The Bertz CT molecular complexity index is 363. The van der Waals surface area contributed by atoms with Gasteiger partial charge in [-0.25, -0.2) is 0 Å². The third-order valence-corrected chi connectivity index (χ3v) is 3.33. The Kier molecular flexibility index (Phi) is 7.03. The Morgan fingerprint density at radius 3 is 2.45 bits per heavy atom. The van der Waals surface area contributed by atoms with E-state index in [-0.39, 0.29) is 0 Å². The average Bonchev–Trinajstić information content (AvgIpc) is 2.42. The summed E-state index contributed by atoms with van der Waals surface area (Å²) < 4.78 is 0. The van der Waals surface area contributed by atoms with E-state index in [4.69, 9.17) is 0 Å². The molecule has 20 heavy (non-hydrogen) atoms. The van der Waals surface area contributed by atoms with Crippen LogP contribution in [0.15, 0.2) is 30.3 Å². The maximum Gasteiger partial charge on any atom is 0.0917 e. The summed E-state index contributed by atoms with van der Waals surface area (Å²) in [4.78, 5) is 2.28. The number of aliphatic hydroxyl groups is 1. The smallest absolute Gasteiger partial charge is 0.0917 e. The molecule has 1 atom stereocenters. The molecule has 0 aliphatic rings. The van der Waals surface area contributed by atoms with Gasteiger partial charge in [-0.3, -0.25) is 0 Å². The molecule has 114 valence electrons. The molecule has 0 radical (unpaired) electrons. The van der Waals surface area contributed by atoms with Gasteiger partial charge < -0.3 is 15.3 Å². The lowest BCUT2D eigenvalue weighted by atomic mass is 10.0. The summed E-state index contributed by atoms with van der Waals surface area (Å²) in [6.45, 7) is 10.5. The van der Waals surface area contributed by atoms with Gasteiger partial charge in [-0.2, -0.15) is 0 Å². The van der Waals surface area contributed by atoms with Gasteiger partial charge in [-0.05, 0) is 25.5 Å². The minimum atomic E-state index is -0.728. The second-order valence-electron chi connectivity index (χ2n) is 6.14. The second-order valence-corrected chi connectivity index (χ2v) is 6.14. The van der Waals surface area contributed by atoms with Gasteiger partial charge in [0.2, 0.25) is 0 Å². The Morgan fingerprint density at radius 2 is 1.90 bits per heavy atom. The highest BCUT2D eigenvalue weighted by atomic mass is 16.3. The van der Waals surface area contributed by atoms with E-state index in [0.717, 1.165) is 19.4 Å². The Hall–Kier alpha value is -1.06. The van der Waals surface area contributed by atoms with Gasteiger partial charge in [0.15, 0.2) is 0 Å². The van der Waals surface area contributed by atoms with E-state index in [2.05, 4.69) is 55.3 Å². The standard InChI is InChI=1S/C17H30N2O/c1-5-6-12-19(16-10-8-7-9-11-16)14-17(4,20)13-18-15(2)3/h7-11,15,18,20H,5-6,12-14H2,1-4H3. The quantitative estimate of drug-likeness (QED) is 0.729. The van der Waals surface area contributed by atoms with Crippen LogP contribution < -0.4 is 10.2 Å². The molecule has 0 aliphatic carbocycles. The largest absolute Gasteiger partial charge is 0.387 e. The predicted molar refractivity (Wildman–Crippen MR) is 87.3 cm³/mol.